The zero-order chi connectivity index (χ0) is 23.8. The molecule has 0 aliphatic carbocycles. The SMILES string of the molecule is C=CC[B-]12O/N=C(C)/C(C)=N/O[B-](CC=C)(O/N=C(C)/C(C)=N/O1)O/N=C(C)/C(C)=N/O2.[Fe+2]. The fraction of sp³-hybridized carbons (Fsp3) is 0.444. The van der Waals surface area contributed by atoms with Gasteiger partial charge in [0.25, 0.3) is 0 Å². The van der Waals surface area contributed by atoms with Crippen molar-refractivity contribution in [2.24, 2.45) is 30.9 Å². The summed E-state index contributed by atoms with van der Waals surface area (Å²) in [6.07, 6.45) is 3.25. The average molecular weight is 502 g/mol. The molecular weight excluding hydrogens is 474 g/mol. The fourth-order valence-corrected chi connectivity index (χ4v) is 2.13. The van der Waals surface area contributed by atoms with Crippen molar-refractivity contribution in [3.05, 3.63) is 25.3 Å². The number of oxime groups is 6. The van der Waals surface area contributed by atoms with E-state index in [4.69, 9.17) is 28.5 Å². The summed E-state index contributed by atoms with van der Waals surface area (Å²) in [6, 6.07) is 0. The second-order valence-corrected chi connectivity index (χ2v) is 7.32. The van der Waals surface area contributed by atoms with E-state index in [0.29, 0.717) is 34.3 Å². The van der Waals surface area contributed by atoms with Crippen LogP contribution >= 0.6 is 0 Å². The van der Waals surface area contributed by atoms with Crippen molar-refractivity contribution in [2.45, 2.75) is 54.2 Å². The molecule has 0 radical (unpaired) electrons. The van der Waals surface area contributed by atoms with E-state index in [1.165, 1.54) is 12.2 Å². The van der Waals surface area contributed by atoms with Crippen LogP contribution in [0.25, 0.3) is 0 Å². The van der Waals surface area contributed by atoms with Gasteiger partial charge in [0.05, 0.1) is 34.3 Å². The predicted octanol–water partition coefficient (Wildman–Crippen LogP) is 3.62. The first kappa shape index (κ1) is 28.0. The summed E-state index contributed by atoms with van der Waals surface area (Å²) in [5.41, 5.74) is 2.20. The van der Waals surface area contributed by atoms with Gasteiger partial charge < -0.3 is 28.5 Å². The van der Waals surface area contributed by atoms with Gasteiger partial charge in [-0.2, -0.15) is 0 Å². The van der Waals surface area contributed by atoms with Crippen LogP contribution in [-0.2, 0) is 45.6 Å². The third kappa shape index (κ3) is 7.50. The number of hydrogen-bond donors (Lipinski definition) is 0. The average Bonchev–Trinajstić information content (AvgIpc) is 2.78. The van der Waals surface area contributed by atoms with Crippen LogP contribution < -0.4 is 0 Å². The zero-order valence-corrected chi connectivity index (χ0v) is 20.7. The molecule has 180 valence electrons. The molecule has 0 spiro atoms. The first-order valence-corrected chi connectivity index (χ1v) is 10.1. The Morgan fingerprint density at radius 2 is 0.697 bits per heavy atom. The third-order valence-electron chi connectivity index (χ3n) is 4.58. The molecule has 0 amide bonds. The minimum Gasteiger partial charge on any atom is -0.540 e. The molecule has 0 saturated carbocycles. The van der Waals surface area contributed by atoms with Crippen LogP contribution in [0, 0.1) is 0 Å². The molecule has 0 N–H and O–H groups in total. The summed E-state index contributed by atoms with van der Waals surface area (Å²) in [4.78, 5) is 0. The van der Waals surface area contributed by atoms with E-state index in [1.807, 2.05) is 0 Å². The topological polar surface area (TPSA) is 130 Å². The maximum atomic E-state index is 5.66. The second-order valence-electron chi connectivity index (χ2n) is 7.32. The largest absolute Gasteiger partial charge is 2.00 e. The van der Waals surface area contributed by atoms with Crippen molar-refractivity contribution in [3.8, 4) is 0 Å². The summed E-state index contributed by atoms with van der Waals surface area (Å²) >= 11 is 0. The van der Waals surface area contributed by atoms with Gasteiger partial charge in [-0.1, -0.05) is 0 Å². The van der Waals surface area contributed by atoms with Gasteiger partial charge in [-0.25, -0.2) is 0 Å². The van der Waals surface area contributed by atoms with Gasteiger partial charge in [0.15, 0.2) is 0 Å². The molecule has 0 aromatic rings. The molecule has 0 fully saturated rings. The summed E-state index contributed by atoms with van der Waals surface area (Å²) < 4.78 is 34.0. The van der Waals surface area contributed by atoms with Gasteiger partial charge >= 0.3 is 30.6 Å². The molecule has 0 unspecified atom stereocenters. The van der Waals surface area contributed by atoms with E-state index in [9.17, 15) is 0 Å². The van der Waals surface area contributed by atoms with Gasteiger partial charge in [-0.05, 0) is 54.2 Å². The van der Waals surface area contributed by atoms with Gasteiger partial charge in [0.2, 0.25) is 0 Å². The van der Waals surface area contributed by atoms with E-state index in [1.54, 1.807) is 41.5 Å². The van der Waals surface area contributed by atoms with Gasteiger partial charge in [0, 0.05) is 0 Å². The molecule has 33 heavy (non-hydrogen) atoms. The van der Waals surface area contributed by atoms with Crippen LogP contribution in [-0.4, -0.2) is 47.8 Å². The van der Waals surface area contributed by atoms with Crippen LogP contribution in [0.1, 0.15) is 41.5 Å². The Kier molecular flexibility index (Phi) is 10.4. The molecule has 0 aromatic carbocycles. The van der Waals surface area contributed by atoms with Gasteiger partial charge in [-0.3, -0.25) is 0 Å². The van der Waals surface area contributed by atoms with Crippen LogP contribution in [0.2, 0.25) is 12.6 Å². The fourth-order valence-electron chi connectivity index (χ4n) is 2.13. The number of fused-ring (bicyclic) bond motifs is 9. The Morgan fingerprint density at radius 3 is 0.848 bits per heavy atom. The van der Waals surface area contributed by atoms with E-state index in [-0.39, 0.29) is 29.7 Å². The van der Waals surface area contributed by atoms with Gasteiger partial charge in [-0.15, -0.1) is 56.2 Å². The molecule has 0 saturated heterocycles. The number of allylic oxidation sites excluding steroid dienone is 2. The maximum absolute atomic E-state index is 5.66. The minimum atomic E-state index is -2.66. The molecule has 3 heterocycles. The monoisotopic (exact) mass is 502 g/mol. The number of nitrogens with zero attached hydrogens (tertiary/aromatic N) is 6. The molecule has 12 nitrogen and oxygen atoms in total. The number of hydrogen-bond acceptors (Lipinski definition) is 12. The van der Waals surface area contributed by atoms with Crippen molar-refractivity contribution in [3.63, 3.8) is 0 Å². The summed E-state index contributed by atoms with van der Waals surface area (Å²) in [5.74, 6) is 0. The van der Waals surface area contributed by atoms with Crippen molar-refractivity contribution in [1.82, 2.24) is 0 Å². The minimum absolute atomic E-state index is 0. The van der Waals surface area contributed by atoms with Crippen LogP contribution in [0.4, 0.5) is 0 Å². The Bertz CT molecular complexity index is 759. The Labute approximate surface area is 203 Å². The Balaban J connectivity index is 0.00000544. The summed E-state index contributed by atoms with van der Waals surface area (Å²) in [6.45, 7) is 12.1. The maximum Gasteiger partial charge on any atom is 2.00 e. The smallest absolute Gasteiger partial charge is 0.540 e. The quantitative estimate of drug-likeness (QED) is 0.427. The molecule has 0 aromatic heterocycles. The van der Waals surface area contributed by atoms with E-state index in [0.717, 1.165) is 0 Å². The first-order valence-electron chi connectivity index (χ1n) is 10.1. The van der Waals surface area contributed by atoms with E-state index < -0.39 is 13.5 Å². The Hall–Kier alpha value is -3.05. The van der Waals surface area contributed by atoms with Crippen molar-refractivity contribution < 1.29 is 45.6 Å². The molecule has 3 aliphatic rings. The second kappa shape index (κ2) is 12.3. The summed E-state index contributed by atoms with van der Waals surface area (Å²) in [7, 11) is 0. The molecule has 2 bridgehead atoms. The molecule has 3 aliphatic heterocycles. The van der Waals surface area contributed by atoms with Crippen LogP contribution in [0.5, 0.6) is 0 Å². The summed E-state index contributed by atoms with van der Waals surface area (Å²) in [5, 5.41) is 24.5. The number of rotatable bonds is 4. The standard InChI is InChI=1S/C18H28B2N6O6.Fe/c1-9-11-19-27-21-13(3)16(6)24-30-20(12-10-2,31-25-17(7)14(4)22-28-19)32-26-18(8)15(5)23-29-19;/h9-10H,1-2,11-12H2,3-8H3;/q-2;+2/b21-13+,22-14+,23-15+,24-16+,25-17+,26-18+;. The normalized spacial score (nSPS) is 35.3. The molecular formula is C18H28B2FeN6O6. The first-order chi connectivity index (χ1) is 15.2. The van der Waals surface area contributed by atoms with Crippen LogP contribution in [0.15, 0.2) is 56.2 Å². The van der Waals surface area contributed by atoms with Crippen molar-refractivity contribution in [1.29, 1.82) is 0 Å². The van der Waals surface area contributed by atoms with E-state index >= 15 is 0 Å². The third-order valence-corrected chi connectivity index (χ3v) is 4.58. The predicted molar refractivity (Wildman–Crippen MR) is 127 cm³/mol. The van der Waals surface area contributed by atoms with E-state index in [2.05, 4.69) is 44.1 Å². The molecule has 3 rings (SSSR count). The van der Waals surface area contributed by atoms with Crippen molar-refractivity contribution >= 4 is 47.8 Å². The molecule has 0 atom stereocenters. The molecule has 15 heteroatoms. The van der Waals surface area contributed by atoms with Crippen LogP contribution in [0.3, 0.4) is 0 Å². The Morgan fingerprint density at radius 1 is 0.515 bits per heavy atom. The van der Waals surface area contributed by atoms with Gasteiger partial charge in [0.1, 0.15) is 0 Å². The zero-order valence-electron chi connectivity index (χ0n) is 19.6. The van der Waals surface area contributed by atoms with Crippen molar-refractivity contribution in [2.75, 3.05) is 0 Å².